The van der Waals surface area contributed by atoms with Crippen molar-refractivity contribution >= 4 is 62.5 Å². The van der Waals surface area contributed by atoms with Crippen molar-refractivity contribution in [2.75, 3.05) is 12.4 Å². The number of nitrogens with one attached hydrogen (secondary N) is 2. The van der Waals surface area contributed by atoms with E-state index in [9.17, 15) is 4.79 Å². The second kappa shape index (κ2) is 8.82. The summed E-state index contributed by atoms with van der Waals surface area (Å²) in [7, 11) is 1.59. The van der Waals surface area contributed by atoms with Crippen LogP contribution in [0.5, 0.6) is 5.75 Å². The molecule has 124 valence electrons. The van der Waals surface area contributed by atoms with E-state index in [1.165, 1.54) is 6.08 Å². The van der Waals surface area contributed by atoms with E-state index in [4.69, 9.17) is 28.6 Å². The van der Waals surface area contributed by atoms with Gasteiger partial charge in [-0.3, -0.25) is 10.1 Å². The van der Waals surface area contributed by atoms with E-state index in [1.54, 1.807) is 43.5 Å². The van der Waals surface area contributed by atoms with E-state index in [0.717, 1.165) is 15.7 Å². The van der Waals surface area contributed by atoms with E-state index in [-0.39, 0.29) is 11.0 Å². The molecule has 1 amide bonds. The lowest BCUT2D eigenvalue weighted by molar-refractivity contribution is -0.115. The number of thiocarbonyl (C=S) groups is 1. The van der Waals surface area contributed by atoms with Gasteiger partial charge in [0.1, 0.15) is 5.75 Å². The summed E-state index contributed by atoms with van der Waals surface area (Å²) in [4.78, 5) is 11.9. The fourth-order valence-electron chi connectivity index (χ4n) is 1.81. The van der Waals surface area contributed by atoms with Gasteiger partial charge in [0.05, 0.1) is 11.6 Å². The van der Waals surface area contributed by atoms with Gasteiger partial charge in [-0.15, -0.1) is 0 Å². The van der Waals surface area contributed by atoms with Crippen molar-refractivity contribution in [3.63, 3.8) is 0 Å². The fourth-order valence-corrected chi connectivity index (χ4v) is 2.69. The van der Waals surface area contributed by atoms with E-state index in [0.29, 0.717) is 10.8 Å². The lowest BCUT2D eigenvalue weighted by Gasteiger charge is -2.10. The molecule has 0 aliphatic heterocycles. The normalized spacial score (nSPS) is 10.5. The van der Waals surface area contributed by atoms with E-state index < -0.39 is 0 Å². The first-order valence-electron chi connectivity index (χ1n) is 6.87. The average Bonchev–Trinajstić information content (AvgIpc) is 2.54. The number of hydrogen-bond donors (Lipinski definition) is 2. The van der Waals surface area contributed by atoms with Crippen molar-refractivity contribution in [3.05, 3.63) is 63.6 Å². The van der Waals surface area contributed by atoms with Gasteiger partial charge in [0.15, 0.2) is 5.11 Å². The van der Waals surface area contributed by atoms with Crippen LogP contribution in [0.2, 0.25) is 5.02 Å². The van der Waals surface area contributed by atoms with Crippen LogP contribution >= 0.6 is 39.7 Å². The third-order valence-electron chi connectivity index (χ3n) is 2.94. The zero-order valence-electron chi connectivity index (χ0n) is 12.7. The standard InChI is InChI=1S/C17H14BrClN2O2S/c1-23-15-8-7-13(10-14(15)18)20-17(24)21-16(22)9-4-11-2-5-12(19)6-3-11/h2-10H,1H3,(H2,20,21,22,24). The zero-order chi connectivity index (χ0) is 17.5. The molecular formula is C17H14BrClN2O2S. The number of halogens is 2. The van der Waals surface area contributed by atoms with Crippen LogP contribution in [0.25, 0.3) is 6.08 Å². The second-order valence-corrected chi connectivity index (χ2v) is 6.38. The van der Waals surface area contributed by atoms with Crippen molar-refractivity contribution in [1.29, 1.82) is 0 Å². The fraction of sp³-hybridized carbons (Fsp3) is 0.0588. The number of carbonyl (C=O) groups is 1. The molecule has 0 aromatic heterocycles. The van der Waals surface area contributed by atoms with E-state index >= 15 is 0 Å². The molecule has 2 rings (SSSR count). The molecule has 4 nitrogen and oxygen atoms in total. The summed E-state index contributed by atoms with van der Waals surface area (Å²) >= 11 is 14.3. The predicted octanol–water partition coefficient (Wildman–Crippen LogP) is 4.64. The maximum absolute atomic E-state index is 11.9. The molecule has 0 aliphatic carbocycles. The molecule has 0 fully saturated rings. The van der Waals surface area contributed by atoms with E-state index in [2.05, 4.69) is 26.6 Å². The van der Waals surface area contributed by atoms with Gasteiger partial charge in [-0.05, 0) is 70.1 Å². The predicted molar refractivity (Wildman–Crippen MR) is 106 cm³/mol. The first-order valence-corrected chi connectivity index (χ1v) is 8.45. The molecular weight excluding hydrogens is 412 g/mol. The summed E-state index contributed by atoms with van der Waals surface area (Å²) in [5.74, 6) is 0.386. The van der Waals surface area contributed by atoms with Gasteiger partial charge < -0.3 is 10.1 Å². The first kappa shape index (κ1) is 18.4. The molecule has 0 heterocycles. The molecule has 2 aromatic carbocycles. The molecule has 0 bridgehead atoms. The number of anilines is 1. The third-order valence-corrected chi connectivity index (χ3v) is 4.02. The van der Waals surface area contributed by atoms with Gasteiger partial charge in [-0.2, -0.15) is 0 Å². The molecule has 2 N–H and O–H groups in total. The van der Waals surface area contributed by atoms with E-state index in [1.807, 2.05) is 12.1 Å². The molecule has 0 saturated heterocycles. The molecule has 0 spiro atoms. The van der Waals surface area contributed by atoms with Gasteiger partial charge in [0.2, 0.25) is 5.91 Å². The summed E-state index contributed by atoms with van der Waals surface area (Å²) in [5, 5.41) is 6.37. The molecule has 2 aromatic rings. The van der Waals surface area contributed by atoms with Crippen molar-refractivity contribution < 1.29 is 9.53 Å². The average molecular weight is 426 g/mol. The monoisotopic (exact) mass is 424 g/mol. The molecule has 7 heteroatoms. The summed E-state index contributed by atoms with van der Waals surface area (Å²) in [6.07, 6.45) is 3.08. The minimum Gasteiger partial charge on any atom is -0.496 e. The Morgan fingerprint density at radius 2 is 1.96 bits per heavy atom. The SMILES string of the molecule is COc1ccc(NC(=S)NC(=O)C=Cc2ccc(Cl)cc2)cc1Br. The quantitative estimate of drug-likeness (QED) is 0.553. The molecule has 0 unspecified atom stereocenters. The minimum absolute atomic E-state index is 0.206. The Kier molecular flexibility index (Phi) is 6.78. The molecule has 24 heavy (non-hydrogen) atoms. The second-order valence-electron chi connectivity index (χ2n) is 4.68. The Bertz CT molecular complexity index is 779. The third kappa shape index (κ3) is 5.63. The maximum Gasteiger partial charge on any atom is 0.250 e. The minimum atomic E-state index is -0.324. The maximum atomic E-state index is 11.9. The van der Waals surface area contributed by atoms with Crippen molar-refractivity contribution in [2.24, 2.45) is 0 Å². The van der Waals surface area contributed by atoms with Crippen LogP contribution in [-0.4, -0.2) is 18.1 Å². The summed E-state index contributed by atoms with van der Waals surface area (Å²) in [6, 6.07) is 12.5. The van der Waals surface area contributed by atoms with Crippen LogP contribution in [0, 0.1) is 0 Å². The van der Waals surface area contributed by atoms with Crippen molar-refractivity contribution in [1.82, 2.24) is 5.32 Å². The summed E-state index contributed by atoms with van der Waals surface area (Å²) in [6.45, 7) is 0. The van der Waals surface area contributed by atoms with Gasteiger partial charge in [0.25, 0.3) is 0 Å². The highest BCUT2D eigenvalue weighted by Gasteiger charge is 2.05. The molecule has 0 aliphatic rings. The van der Waals surface area contributed by atoms with Gasteiger partial charge in [0, 0.05) is 16.8 Å². The van der Waals surface area contributed by atoms with Crippen LogP contribution in [0.3, 0.4) is 0 Å². The van der Waals surface area contributed by atoms with Gasteiger partial charge >= 0.3 is 0 Å². The van der Waals surface area contributed by atoms with Crippen LogP contribution in [0.1, 0.15) is 5.56 Å². The number of ether oxygens (including phenoxy) is 1. The number of hydrogen-bond acceptors (Lipinski definition) is 3. The lowest BCUT2D eigenvalue weighted by atomic mass is 10.2. The molecule has 0 radical (unpaired) electrons. The Labute approximate surface area is 159 Å². The Morgan fingerprint density at radius 1 is 1.25 bits per heavy atom. The topological polar surface area (TPSA) is 50.4 Å². The van der Waals surface area contributed by atoms with Crippen LogP contribution in [-0.2, 0) is 4.79 Å². The number of rotatable bonds is 4. The first-order chi connectivity index (χ1) is 11.5. The van der Waals surface area contributed by atoms with Crippen LogP contribution < -0.4 is 15.4 Å². The van der Waals surface area contributed by atoms with Crippen molar-refractivity contribution in [2.45, 2.75) is 0 Å². The summed E-state index contributed by atoms with van der Waals surface area (Å²) in [5.41, 5.74) is 1.60. The van der Waals surface area contributed by atoms with Crippen LogP contribution in [0.15, 0.2) is 53.0 Å². The Morgan fingerprint density at radius 3 is 2.58 bits per heavy atom. The zero-order valence-corrected chi connectivity index (χ0v) is 15.8. The smallest absolute Gasteiger partial charge is 0.250 e. The van der Waals surface area contributed by atoms with Crippen molar-refractivity contribution in [3.8, 4) is 5.75 Å². The Hall–Kier alpha value is -1.89. The highest BCUT2D eigenvalue weighted by molar-refractivity contribution is 9.10. The van der Waals surface area contributed by atoms with Gasteiger partial charge in [-0.1, -0.05) is 23.7 Å². The summed E-state index contributed by atoms with van der Waals surface area (Å²) < 4.78 is 5.94. The van der Waals surface area contributed by atoms with Gasteiger partial charge in [-0.25, -0.2) is 0 Å². The number of methoxy groups -OCH3 is 1. The Balaban J connectivity index is 1.90. The highest BCUT2D eigenvalue weighted by atomic mass is 79.9. The number of amides is 1. The lowest BCUT2D eigenvalue weighted by Crippen LogP contribution is -2.32. The number of carbonyl (C=O) groups excluding carboxylic acids is 1. The largest absolute Gasteiger partial charge is 0.496 e. The molecule has 0 atom stereocenters. The molecule has 0 saturated carbocycles. The highest BCUT2D eigenvalue weighted by Crippen LogP contribution is 2.27. The number of benzene rings is 2. The van der Waals surface area contributed by atoms with Crippen LogP contribution in [0.4, 0.5) is 5.69 Å².